The lowest BCUT2D eigenvalue weighted by Crippen LogP contribution is -2.80. The second-order valence-electron chi connectivity index (χ2n) is 8.13. The van der Waals surface area contributed by atoms with Crippen LogP contribution in [0, 0.1) is 5.41 Å². The summed E-state index contributed by atoms with van der Waals surface area (Å²) in [7, 11) is 2.16. The Balaban J connectivity index is 2.04. The topological polar surface area (TPSA) is 16.6 Å². The van der Waals surface area contributed by atoms with Crippen molar-refractivity contribution in [2.75, 3.05) is 13.6 Å². The summed E-state index contributed by atoms with van der Waals surface area (Å²) < 4.78 is 0. The van der Waals surface area contributed by atoms with Gasteiger partial charge >= 0.3 is 0 Å². The lowest BCUT2D eigenvalue weighted by Gasteiger charge is -2.32. The van der Waals surface area contributed by atoms with Crippen molar-refractivity contribution in [3.63, 3.8) is 0 Å². The highest BCUT2D eigenvalue weighted by molar-refractivity contribution is 5.38. The summed E-state index contributed by atoms with van der Waals surface area (Å²) in [5.74, 6) is 0. The summed E-state index contributed by atoms with van der Waals surface area (Å²) in [6.07, 6.45) is 19.2. The Kier molecular flexibility index (Phi) is 6.86. The van der Waals surface area contributed by atoms with E-state index in [1.165, 1.54) is 44.1 Å². The predicted octanol–water partition coefficient (Wildman–Crippen LogP) is 5.25. The number of likely N-dealkylation sites (N-methyl/N-ethyl adjacent to an activating group) is 1. The van der Waals surface area contributed by atoms with Crippen molar-refractivity contribution in [3.05, 3.63) is 58.2 Å². The molecule has 1 heteroatoms. The smallest absolute Gasteiger partial charge is 0.0975 e. The fraction of sp³-hybridized carbons (Fsp3) is 0.565. The first-order chi connectivity index (χ1) is 11.4. The second-order valence-corrected chi connectivity index (χ2v) is 8.13. The van der Waals surface area contributed by atoms with Crippen LogP contribution in [0.4, 0.5) is 0 Å². The minimum atomic E-state index is 0.329. The van der Waals surface area contributed by atoms with Crippen molar-refractivity contribution in [1.82, 2.24) is 0 Å². The van der Waals surface area contributed by atoms with E-state index in [0.717, 1.165) is 6.54 Å². The Hall–Kier alpha value is -1.34. The molecule has 2 aliphatic carbocycles. The van der Waals surface area contributed by atoms with Crippen molar-refractivity contribution >= 4 is 0 Å². The molecule has 0 aromatic rings. The number of hydrogen-bond acceptors (Lipinski definition) is 0. The lowest BCUT2D eigenvalue weighted by molar-refractivity contribution is -0.619. The molecule has 132 valence electrons. The monoisotopic (exact) mass is 326 g/mol. The summed E-state index contributed by atoms with van der Waals surface area (Å²) in [5, 5.41) is 2.28. The van der Waals surface area contributed by atoms with Crippen LogP contribution in [0.5, 0.6) is 0 Å². The lowest BCUT2D eigenvalue weighted by atomic mass is 9.72. The molecule has 0 fully saturated rings. The molecule has 1 nitrogen and oxygen atoms in total. The third-order valence-corrected chi connectivity index (χ3v) is 5.54. The average molecular weight is 327 g/mol. The van der Waals surface area contributed by atoms with Gasteiger partial charge in [0.1, 0.15) is 0 Å². The Morgan fingerprint density at radius 3 is 2.62 bits per heavy atom. The van der Waals surface area contributed by atoms with Crippen molar-refractivity contribution in [3.8, 4) is 0 Å². The van der Waals surface area contributed by atoms with Crippen LogP contribution in [0.3, 0.4) is 0 Å². The van der Waals surface area contributed by atoms with E-state index in [4.69, 9.17) is 0 Å². The zero-order valence-electron chi connectivity index (χ0n) is 16.4. The van der Waals surface area contributed by atoms with Gasteiger partial charge in [0.05, 0.1) is 13.6 Å². The maximum Gasteiger partial charge on any atom is 0.0975 e. The van der Waals surface area contributed by atoms with Gasteiger partial charge in [0.15, 0.2) is 0 Å². The van der Waals surface area contributed by atoms with Gasteiger partial charge in [-0.25, -0.2) is 0 Å². The fourth-order valence-corrected chi connectivity index (χ4v) is 4.11. The molecule has 0 aromatic heterocycles. The van der Waals surface area contributed by atoms with E-state index in [2.05, 4.69) is 70.4 Å². The van der Waals surface area contributed by atoms with Crippen LogP contribution in [0.15, 0.2) is 58.2 Å². The molecule has 2 aliphatic rings. The molecule has 0 saturated carbocycles. The van der Waals surface area contributed by atoms with E-state index in [9.17, 15) is 0 Å². The van der Waals surface area contributed by atoms with Crippen molar-refractivity contribution in [2.24, 2.45) is 5.41 Å². The van der Waals surface area contributed by atoms with Gasteiger partial charge in [0.25, 0.3) is 0 Å². The predicted molar refractivity (Wildman–Crippen MR) is 106 cm³/mol. The summed E-state index contributed by atoms with van der Waals surface area (Å²) in [4.78, 5) is 0. The van der Waals surface area contributed by atoms with Crippen LogP contribution in [0.2, 0.25) is 0 Å². The first-order valence-corrected chi connectivity index (χ1v) is 9.66. The quantitative estimate of drug-likeness (QED) is 0.642. The van der Waals surface area contributed by atoms with Gasteiger partial charge in [-0.05, 0) is 74.5 Å². The normalized spacial score (nSPS) is 22.5. The Labute approximate surface area is 149 Å². The van der Waals surface area contributed by atoms with Crippen LogP contribution in [-0.4, -0.2) is 13.6 Å². The maximum absolute atomic E-state index is 2.38. The van der Waals surface area contributed by atoms with Crippen molar-refractivity contribution in [1.29, 1.82) is 0 Å². The molecule has 0 bridgehead atoms. The zero-order valence-corrected chi connectivity index (χ0v) is 16.4. The minimum absolute atomic E-state index is 0.329. The number of rotatable bonds is 6. The highest BCUT2D eigenvalue weighted by atomic mass is 14.8. The first-order valence-electron chi connectivity index (χ1n) is 9.66. The van der Waals surface area contributed by atoms with Crippen LogP contribution < -0.4 is 5.32 Å². The molecule has 0 heterocycles. The number of nitrogens with two attached hydrogens (primary N) is 1. The number of hydrogen-bond donors (Lipinski definition) is 1. The molecule has 0 aliphatic heterocycles. The third-order valence-electron chi connectivity index (χ3n) is 5.54. The molecular formula is C23H36N+. The van der Waals surface area contributed by atoms with Gasteiger partial charge in [0, 0.05) is 0 Å². The Morgan fingerprint density at radius 1 is 1.12 bits per heavy atom. The van der Waals surface area contributed by atoms with Gasteiger partial charge in [-0.3, -0.25) is 0 Å². The zero-order chi connectivity index (χ0) is 17.6. The largest absolute Gasteiger partial charge is 0.345 e. The minimum Gasteiger partial charge on any atom is -0.345 e. The molecule has 0 saturated heterocycles. The highest BCUT2D eigenvalue weighted by Crippen LogP contribution is 2.40. The van der Waals surface area contributed by atoms with Gasteiger partial charge < -0.3 is 5.32 Å². The van der Waals surface area contributed by atoms with E-state index in [1.807, 2.05) is 0 Å². The van der Waals surface area contributed by atoms with Gasteiger partial charge in [0.2, 0.25) is 0 Å². The fourth-order valence-electron chi connectivity index (χ4n) is 4.11. The standard InChI is InChI=1S/C23H35N/c1-18(9-6-11-20-12-7-13-21(20)17-24-5)14-15-22-19(2)10-8-16-23(22,3)4/h6,9,11,14-15,24H,7-8,10,12-13,16-17H2,1-5H3/p+1/b11-6+,15-14+,18-9+. The molecule has 2 rings (SSSR count). The van der Waals surface area contributed by atoms with E-state index in [-0.39, 0.29) is 0 Å². The summed E-state index contributed by atoms with van der Waals surface area (Å²) in [5.41, 5.74) is 7.98. The van der Waals surface area contributed by atoms with E-state index < -0.39 is 0 Å². The second kappa shape index (κ2) is 8.67. The summed E-state index contributed by atoms with van der Waals surface area (Å²) >= 11 is 0. The highest BCUT2D eigenvalue weighted by Gasteiger charge is 2.26. The molecule has 2 N–H and O–H groups in total. The maximum atomic E-state index is 2.38. The molecule has 0 amide bonds. The number of allylic oxidation sites excluding steroid dienone is 9. The van der Waals surface area contributed by atoms with Gasteiger partial charge in [-0.2, -0.15) is 0 Å². The Bertz CT molecular complexity index is 594. The van der Waals surface area contributed by atoms with Gasteiger partial charge in [-0.1, -0.05) is 55.4 Å². The summed E-state index contributed by atoms with van der Waals surface area (Å²) in [6, 6.07) is 0. The SMILES string of the molecule is C[NH2+]CC1=C(/C=C/C=C(C)/C=C/C2=C(C)CCCC2(C)C)CCC1. The van der Waals surface area contributed by atoms with E-state index >= 15 is 0 Å². The van der Waals surface area contributed by atoms with Crippen LogP contribution >= 0.6 is 0 Å². The van der Waals surface area contributed by atoms with Crippen LogP contribution in [0.1, 0.15) is 66.2 Å². The van der Waals surface area contributed by atoms with Crippen LogP contribution in [0.25, 0.3) is 0 Å². The first kappa shape index (κ1) is 19.0. The summed E-state index contributed by atoms with van der Waals surface area (Å²) in [6.45, 7) is 10.4. The molecule has 0 unspecified atom stereocenters. The molecule has 0 atom stereocenters. The average Bonchev–Trinajstić information content (AvgIpc) is 2.94. The van der Waals surface area contributed by atoms with Crippen LogP contribution in [-0.2, 0) is 0 Å². The third kappa shape index (κ3) is 5.08. The number of quaternary nitrogens is 1. The molecular weight excluding hydrogens is 290 g/mol. The van der Waals surface area contributed by atoms with Crippen molar-refractivity contribution in [2.45, 2.75) is 66.2 Å². The van der Waals surface area contributed by atoms with E-state index in [0.29, 0.717) is 5.41 Å². The molecule has 24 heavy (non-hydrogen) atoms. The molecule has 0 aromatic carbocycles. The Morgan fingerprint density at radius 2 is 1.92 bits per heavy atom. The van der Waals surface area contributed by atoms with Gasteiger partial charge in [-0.15, -0.1) is 0 Å². The van der Waals surface area contributed by atoms with E-state index in [1.54, 1.807) is 22.3 Å². The molecule has 0 radical (unpaired) electrons. The van der Waals surface area contributed by atoms with Crippen molar-refractivity contribution < 1.29 is 5.32 Å². The molecule has 0 spiro atoms.